The fourth-order valence-corrected chi connectivity index (χ4v) is 2.38. The van der Waals surface area contributed by atoms with Crippen molar-refractivity contribution in [2.24, 2.45) is 0 Å². The van der Waals surface area contributed by atoms with Crippen LogP contribution in [0.3, 0.4) is 0 Å². The summed E-state index contributed by atoms with van der Waals surface area (Å²) in [5, 5.41) is 0. The predicted molar refractivity (Wildman–Crippen MR) is 78.3 cm³/mol. The summed E-state index contributed by atoms with van der Waals surface area (Å²) in [4.78, 5) is 14.0. The topological polar surface area (TPSA) is 38.8 Å². The number of carbonyl (C=O) groups excluding carboxylic acids is 1. The molecule has 1 aliphatic heterocycles. The average molecular weight is 329 g/mol. The van der Waals surface area contributed by atoms with Crippen molar-refractivity contribution in [3.8, 4) is 0 Å². The minimum absolute atomic E-state index is 0.0963. The quantitative estimate of drug-likeness (QED) is 0.850. The van der Waals surface area contributed by atoms with Gasteiger partial charge in [0.05, 0.1) is 11.1 Å². The lowest BCUT2D eigenvalue weighted by atomic mass is 9.97. The Morgan fingerprint density at radius 2 is 1.96 bits per heavy atom. The molecule has 0 N–H and O–H groups in total. The van der Waals surface area contributed by atoms with Crippen molar-refractivity contribution in [3.05, 3.63) is 40.8 Å². The third-order valence-corrected chi connectivity index (χ3v) is 3.45. The summed E-state index contributed by atoms with van der Waals surface area (Å²) in [5.74, 6) is -0.280. The predicted octanol–water partition coefficient (Wildman–Crippen LogP) is 3.21. The molecule has 0 saturated carbocycles. The highest BCUT2D eigenvalue weighted by Crippen LogP contribution is 2.37. The Morgan fingerprint density at radius 1 is 1.30 bits per heavy atom. The van der Waals surface area contributed by atoms with Gasteiger partial charge < -0.3 is 14.4 Å². The number of Topliss-reactive ketones (excluding diaryl/α,β-unsaturated/α-hetero) is 1. The van der Waals surface area contributed by atoms with Gasteiger partial charge in [-0.1, -0.05) is 12.1 Å². The number of aryl methyl sites for hydroxylation is 1. The summed E-state index contributed by atoms with van der Waals surface area (Å²) in [6, 6.07) is 3.81. The van der Waals surface area contributed by atoms with Crippen molar-refractivity contribution >= 4 is 11.4 Å². The molecule has 0 aromatic heterocycles. The van der Waals surface area contributed by atoms with Gasteiger partial charge in [-0.2, -0.15) is 13.2 Å². The first-order valence-electron chi connectivity index (χ1n) is 7.09. The Kier molecular flexibility index (Phi) is 4.70. The second kappa shape index (κ2) is 6.23. The highest BCUT2D eigenvalue weighted by atomic mass is 19.4. The van der Waals surface area contributed by atoms with E-state index in [0.717, 1.165) is 6.07 Å². The molecule has 2 rings (SSSR count). The maximum atomic E-state index is 13.1. The first-order chi connectivity index (χ1) is 10.7. The van der Waals surface area contributed by atoms with E-state index in [1.165, 1.54) is 19.1 Å². The Balaban J connectivity index is 2.54. The standard InChI is InChI=1S/C16H18F3NO3/c1-5-22-15-13(21)12(14(23-15)20(3)4)10-7-6-9(2)11(8-10)16(17,18)19/h6-8,15H,5H2,1-4H3. The molecule has 0 spiro atoms. The van der Waals surface area contributed by atoms with E-state index in [1.54, 1.807) is 25.9 Å². The summed E-state index contributed by atoms with van der Waals surface area (Å²) < 4.78 is 50.0. The third kappa shape index (κ3) is 3.34. The molecule has 23 heavy (non-hydrogen) atoms. The van der Waals surface area contributed by atoms with Crippen molar-refractivity contribution in [2.75, 3.05) is 20.7 Å². The molecule has 0 saturated heterocycles. The molecule has 0 aliphatic carbocycles. The van der Waals surface area contributed by atoms with Gasteiger partial charge in [0.15, 0.2) is 0 Å². The van der Waals surface area contributed by atoms with Crippen molar-refractivity contribution in [2.45, 2.75) is 26.3 Å². The van der Waals surface area contributed by atoms with E-state index >= 15 is 0 Å². The van der Waals surface area contributed by atoms with Crippen LogP contribution in [0.5, 0.6) is 0 Å². The summed E-state index contributed by atoms with van der Waals surface area (Å²) >= 11 is 0. The Hall–Kier alpha value is -2.02. The average Bonchev–Trinajstić information content (AvgIpc) is 2.76. The van der Waals surface area contributed by atoms with Gasteiger partial charge in [-0.25, -0.2) is 0 Å². The number of nitrogens with zero attached hydrogens (tertiary/aromatic N) is 1. The normalized spacial score (nSPS) is 18.4. The molecule has 1 heterocycles. The lowest BCUT2D eigenvalue weighted by Crippen LogP contribution is -2.22. The molecule has 1 aromatic rings. The zero-order valence-corrected chi connectivity index (χ0v) is 13.3. The van der Waals surface area contributed by atoms with Gasteiger partial charge in [0, 0.05) is 20.7 Å². The molecule has 0 amide bonds. The van der Waals surface area contributed by atoms with Gasteiger partial charge in [-0.3, -0.25) is 4.79 Å². The molecule has 4 nitrogen and oxygen atoms in total. The van der Waals surface area contributed by atoms with Gasteiger partial charge in [0.2, 0.25) is 11.7 Å². The molecular weight excluding hydrogens is 311 g/mol. The second-order valence-corrected chi connectivity index (χ2v) is 5.37. The van der Waals surface area contributed by atoms with E-state index in [9.17, 15) is 18.0 Å². The third-order valence-electron chi connectivity index (χ3n) is 3.45. The Labute approximate surface area is 132 Å². The van der Waals surface area contributed by atoms with Crippen LogP contribution in [-0.4, -0.2) is 37.7 Å². The maximum Gasteiger partial charge on any atom is 0.416 e. The fraction of sp³-hybridized carbons (Fsp3) is 0.438. The SMILES string of the molecule is CCOC1OC(N(C)C)=C(c2ccc(C)c(C(F)(F)F)c2)C1=O. The smallest absolute Gasteiger partial charge is 0.416 e. The van der Waals surface area contributed by atoms with Gasteiger partial charge in [-0.05, 0) is 31.0 Å². The molecule has 1 unspecified atom stereocenters. The van der Waals surface area contributed by atoms with Gasteiger partial charge >= 0.3 is 6.18 Å². The van der Waals surface area contributed by atoms with Crippen LogP contribution in [0.2, 0.25) is 0 Å². The summed E-state index contributed by atoms with van der Waals surface area (Å²) in [5.41, 5.74) is -0.410. The van der Waals surface area contributed by atoms with Crippen molar-refractivity contribution in [1.29, 1.82) is 0 Å². The van der Waals surface area contributed by atoms with E-state index in [1.807, 2.05) is 0 Å². The van der Waals surface area contributed by atoms with Crippen LogP contribution >= 0.6 is 0 Å². The lowest BCUT2D eigenvalue weighted by Gasteiger charge is -2.17. The van der Waals surface area contributed by atoms with Crippen LogP contribution in [0.4, 0.5) is 13.2 Å². The molecule has 0 bridgehead atoms. The van der Waals surface area contributed by atoms with Crippen LogP contribution in [-0.2, 0) is 20.4 Å². The van der Waals surface area contributed by atoms with Gasteiger partial charge in [0.1, 0.15) is 0 Å². The molecule has 126 valence electrons. The number of hydrogen-bond donors (Lipinski definition) is 0. The molecular formula is C16H18F3NO3. The minimum atomic E-state index is -4.49. The Bertz CT molecular complexity index is 650. The number of rotatable bonds is 4. The zero-order valence-electron chi connectivity index (χ0n) is 13.3. The number of halogens is 3. The number of alkyl halides is 3. The molecule has 7 heteroatoms. The lowest BCUT2D eigenvalue weighted by molar-refractivity contribution is -0.150. The largest absolute Gasteiger partial charge is 0.441 e. The summed E-state index contributed by atoms with van der Waals surface area (Å²) in [6.45, 7) is 3.34. The van der Waals surface area contributed by atoms with Crippen molar-refractivity contribution < 1.29 is 27.4 Å². The molecule has 1 aliphatic rings. The number of ether oxygens (including phenoxy) is 2. The van der Waals surface area contributed by atoms with E-state index in [0.29, 0.717) is 0 Å². The first-order valence-corrected chi connectivity index (χ1v) is 7.09. The van der Waals surface area contributed by atoms with Crippen LogP contribution in [0.1, 0.15) is 23.6 Å². The van der Waals surface area contributed by atoms with Crippen LogP contribution < -0.4 is 0 Å². The van der Waals surface area contributed by atoms with Crippen LogP contribution in [0.15, 0.2) is 24.1 Å². The summed E-state index contributed by atoms with van der Waals surface area (Å²) in [6.07, 6.45) is -5.61. The van der Waals surface area contributed by atoms with Crippen LogP contribution in [0, 0.1) is 6.92 Å². The number of carbonyl (C=O) groups is 1. The number of hydrogen-bond acceptors (Lipinski definition) is 4. The molecule has 0 fully saturated rings. The van der Waals surface area contributed by atoms with E-state index in [4.69, 9.17) is 9.47 Å². The van der Waals surface area contributed by atoms with Gasteiger partial charge in [0.25, 0.3) is 6.29 Å². The second-order valence-electron chi connectivity index (χ2n) is 5.37. The molecule has 0 radical (unpaired) electrons. The van der Waals surface area contributed by atoms with Crippen LogP contribution in [0.25, 0.3) is 5.57 Å². The summed E-state index contributed by atoms with van der Waals surface area (Å²) in [7, 11) is 3.30. The Morgan fingerprint density at radius 3 is 2.48 bits per heavy atom. The van der Waals surface area contributed by atoms with Crippen molar-refractivity contribution in [3.63, 3.8) is 0 Å². The van der Waals surface area contributed by atoms with E-state index in [-0.39, 0.29) is 29.2 Å². The zero-order chi connectivity index (χ0) is 17.4. The van der Waals surface area contributed by atoms with Crippen molar-refractivity contribution in [1.82, 2.24) is 4.90 Å². The van der Waals surface area contributed by atoms with E-state index < -0.39 is 23.8 Å². The minimum Gasteiger partial charge on any atom is -0.441 e. The number of benzene rings is 1. The van der Waals surface area contributed by atoms with E-state index in [2.05, 4.69) is 0 Å². The molecule has 1 atom stereocenters. The highest BCUT2D eigenvalue weighted by Gasteiger charge is 2.39. The number of ketones is 1. The first kappa shape index (κ1) is 17.3. The monoisotopic (exact) mass is 329 g/mol. The highest BCUT2D eigenvalue weighted by molar-refractivity contribution is 6.24. The maximum absolute atomic E-state index is 13.1. The fourth-order valence-electron chi connectivity index (χ4n) is 2.38. The molecule has 1 aromatic carbocycles. The van der Waals surface area contributed by atoms with Gasteiger partial charge in [-0.15, -0.1) is 0 Å².